The first kappa shape index (κ1) is 17.6. The Labute approximate surface area is 148 Å². The number of nitrogens with one attached hydrogen (secondary N) is 1. The molecule has 1 aliphatic carbocycles. The molecule has 0 radical (unpaired) electrons. The molecule has 2 fully saturated rings. The molecule has 0 spiro atoms. The van der Waals surface area contributed by atoms with Crippen molar-refractivity contribution in [3.8, 4) is 0 Å². The third kappa shape index (κ3) is 4.43. The van der Waals surface area contributed by atoms with Gasteiger partial charge in [-0.05, 0) is 32.7 Å². The first-order chi connectivity index (χ1) is 11.6. The fourth-order valence-electron chi connectivity index (χ4n) is 3.67. The Kier molecular flexibility index (Phi) is 6.03. The number of piperazine rings is 1. The van der Waals surface area contributed by atoms with E-state index in [0.29, 0.717) is 23.4 Å². The summed E-state index contributed by atoms with van der Waals surface area (Å²) in [6, 6.07) is 0.650. The zero-order chi connectivity index (χ0) is 16.9. The Morgan fingerprint density at radius 3 is 2.50 bits per heavy atom. The van der Waals surface area contributed by atoms with Crippen molar-refractivity contribution in [2.75, 3.05) is 33.2 Å². The van der Waals surface area contributed by atoms with Crippen LogP contribution in [0.2, 0.25) is 5.15 Å². The molecule has 24 heavy (non-hydrogen) atoms. The topological polar surface area (TPSA) is 61.4 Å². The second kappa shape index (κ2) is 8.23. The first-order valence-electron chi connectivity index (χ1n) is 8.79. The lowest BCUT2D eigenvalue weighted by atomic mass is 9.84. The third-order valence-corrected chi connectivity index (χ3v) is 5.59. The maximum atomic E-state index is 12.4. The number of aromatic nitrogens is 2. The molecule has 0 aromatic carbocycles. The molecular weight excluding hydrogens is 326 g/mol. The number of halogens is 1. The number of hydrogen-bond acceptors (Lipinski definition) is 5. The van der Waals surface area contributed by atoms with Crippen LogP contribution in [0.25, 0.3) is 0 Å². The van der Waals surface area contributed by atoms with Crippen molar-refractivity contribution >= 4 is 17.5 Å². The predicted octanol–water partition coefficient (Wildman–Crippen LogP) is 1.55. The molecule has 1 aliphatic heterocycles. The Balaban J connectivity index is 1.43. The summed E-state index contributed by atoms with van der Waals surface area (Å²) in [6.45, 7) is 4.97. The molecule has 0 bridgehead atoms. The number of amides is 1. The van der Waals surface area contributed by atoms with Crippen molar-refractivity contribution in [1.29, 1.82) is 0 Å². The Bertz CT molecular complexity index is 554. The molecule has 2 aliphatic rings. The second-order valence-corrected chi connectivity index (χ2v) is 7.21. The highest BCUT2D eigenvalue weighted by Crippen LogP contribution is 2.28. The lowest BCUT2D eigenvalue weighted by molar-refractivity contribution is -0.126. The summed E-state index contributed by atoms with van der Waals surface area (Å²) < 4.78 is 0. The van der Waals surface area contributed by atoms with E-state index in [1.54, 1.807) is 12.4 Å². The molecule has 1 saturated carbocycles. The molecular formula is C17H26ClN5O. The summed E-state index contributed by atoms with van der Waals surface area (Å²) in [4.78, 5) is 25.5. The van der Waals surface area contributed by atoms with Gasteiger partial charge in [0.05, 0.1) is 12.2 Å². The molecule has 2 heterocycles. The summed E-state index contributed by atoms with van der Waals surface area (Å²) >= 11 is 5.98. The van der Waals surface area contributed by atoms with E-state index in [-0.39, 0.29) is 11.8 Å². The molecule has 3 rings (SSSR count). The van der Waals surface area contributed by atoms with Gasteiger partial charge < -0.3 is 10.2 Å². The lowest BCUT2D eigenvalue weighted by Crippen LogP contribution is -2.50. The highest BCUT2D eigenvalue weighted by Gasteiger charge is 2.30. The van der Waals surface area contributed by atoms with Gasteiger partial charge in [-0.2, -0.15) is 0 Å². The minimum Gasteiger partial charge on any atom is -0.350 e. The quantitative estimate of drug-likeness (QED) is 0.891. The van der Waals surface area contributed by atoms with Crippen molar-refractivity contribution in [2.45, 2.75) is 38.3 Å². The van der Waals surface area contributed by atoms with Gasteiger partial charge in [-0.25, -0.2) is 4.98 Å². The molecule has 0 atom stereocenters. The van der Waals surface area contributed by atoms with E-state index in [9.17, 15) is 4.79 Å². The Morgan fingerprint density at radius 1 is 1.17 bits per heavy atom. The van der Waals surface area contributed by atoms with Gasteiger partial charge in [0.2, 0.25) is 5.91 Å². The summed E-state index contributed by atoms with van der Waals surface area (Å²) in [5.74, 6) is 0.234. The van der Waals surface area contributed by atoms with E-state index in [4.69, 9.17) is 11.6 Å². The molecule has 132 valence electrons. The standard InChI is InChI=1S/C17H26ClN5O/c1-22-8-10-23(11-9-22)14-4-2-13(3-5-14)17(24)21-12-15-16(18)20-7-6-19-15/h6-7,13-14H,2-5,8-12H2,1H3,(H,21,24). The van der Waals surface area contributed by atoms with E-state index in [1.165, 1.54) is 0 Å². The highest BCUT2D eigenvalue weighted by molar-refractivity contribution is 6.29. The third-order valence-electron chi connectivity index (χ3n) is 5.27. The monoisotopic (exact) mass is 351 g/mol. The number of carbonyl (C=O) groups excluding carboxylic acids is 1. The van der Waals surface area contributed by atoms with Gasteiger partial charge in [0, 0.05) is 50.5 Å². The zero-order valence-corrected chi connectivity index (χ0v) is 15.0. The minimum atomic E-state index is 0.115. The molecule has 6 nitrogen and oxygen atoms in total. The van der Waals surface area contributed by atoms with Crippen molar-refractivity contribution < 1.29 is 4.79 Å². The molecule has 1 amide bonds. The van der Waals surface area contributed by atoms with Gasteiger partial charge in [0.15, 0.2) is 5.15 Å². The summed E-state index contributed by atoms with van der Waals surface area (Å²) in [6.07, 6.45) is 7.32. The molecule has 1 aromatic rings. The first-order valence-corrected chi connectivity index (χ1v) is 9.17. The largest absolute Gasteiger partial charge is 0.350 e. The van der Waals surface area contributed by atoms with Gasteiger partial charge in [-0.15, -0.1) is 0 Å². The maximum absolute atomic E-state index is 12.4. The predicted molar refractivity (Wildman–Crippen MR) is 93.7 cm³/mol. The van der Waals surface area contributed by atoms with Crippen LogP contribution in [0.4, 0.5) is 0 Å². The molecule has 0 unspecified atom stereocenters. The molecule has 7 heteroatoms. The normalized spacial score (nSPS) is 26.2. The number of hydrogen-bond donors (Lipinski definition) is 1. The lowest BCUT2D eigenvalue weighted by Gasteiger charge is -2.40. The Hall–Kier alpha value is -1.24. The van der Waals surface area contributed by atoms with Crippen LogP contribution < -0.4 is 5.32 Å². The number of nitrogens with zero attached hydrogens (tertiary/aromatic N) is 4. The Morgan fingerprint density at radius 2 is 1.83 bits per heavy atom. The molecule has 1 saturated heterocycles. The van der Waals surface area contributed by atoms with E-state index in [2.05, 4.69) is 32.1 Å². The van der Waals surface area contributed by atoms with E-state index in [0.717, 1.165) is 51.9 Å². The van der Waals surface area contributed by atoms with Gasteiger partial charge in [0.25, 0.3) is 0 Å². The van der Waals surface area contributed by atoms with Crippen LogP contribution in [0.15, 0.2) is 12.4 Å². The van der Waals surface area contributed by atoms with Crippen LogP contribution in [-0.4, -0.2) is 64.9 Å². The van der Waals surface area contributed by atoms with Crippen molar-refractivity contribution in [2.24, 2.45) is 5.92 Å². The maximum Gasteiger partial charge on any atom is 0.223 e. The van der Waals surface area contributed by atoms with E-state index >= 15 is 0 Å². The van der Waals surface area contributed by atoms with Crippen molar-refractivity contribution in [3.05, 3.63) is 23.2 Å². The summed E-state index contributed by atoms with van der Waals surface area (Å²) in [5.41, 5.74) is 0.624. The number of rotatable bonds is 4. The van der Waals surface area contributed by atoms with Crippen LogP contribution >= 0.6 is 11.6 Å². The van der Waals surface area contributed by atoms with E-state index < -0.39 is 0 Å². The second-order valence-electron chi connectivity index (χ2n) is 6.86. The number of carbonyl (C=O) groups is 1. The summed E-state index contributed by atoms with van der Waals surface area (Å²) in [7, 11) is 2.18. The van der Waals surface area contributed by atoms with Crippen LogP contribution in [-0.2, 0) is 11.3 Å². The van der Waals surface area contributed by atoms with Crippen LogP contribution in [0.5, 0.6) is 0 Å². The van der Waals surface area contributed by atoms with Gasteiger partial charge >= 0.3 is 0 Å². The highest BCUT2D eigenvalue weighted by atomic mass is 35.5. The van der Waals surface area contributed by atoms with Gasteiger partial charge in [-0.1, -0.05) is 11.6 Å². The molecule has 1 aromatic heterocycles. The average molecular weight is 352 g/mol. The van der Waals surface area contributed by atoms with Gasteiger partial charge in [-0.3, -0.25) is 14.7 Å². The van der Waals surface area contributed by atoms with Crippen molar-refractivity contribution in [1.82, 2.24) is 25.1 Å². The van der Waals surface area contributed by atoms with E-state index in [1.807, 2.05) is 0 Å². The molecule has 1 N–H and O–H groups in total. The van der Waals surface area contributed by atoms with Crippen LogP contribution in [0.3, 0.4) is 0 Å². The van der Waals surface area contributed by atoms with Crippen LogP contribution in [0.1, 0.15) is 31.4 Å². The van der Waals surface area contributed by atoms with Gasteiger partial charge in [0.1, 0.15) is 0 Å². The minimum absolute atomic E-state index is 0.115. The zero-order valence-electron chi connectivity index (χ0n) is 14.2. The summed E-state index contributed by atoms with van der Waals surface area (Å²) in [5, 5.41) is 3.32. The fourth-order valence-corrected chi connectivity index (χ4v) is 3.85. The smallest absolute Gasteiger partial charge is 0.223 e. The number of likely N-dealkylation sites (N-methyl/N-ethyl adjacent to an activating group) is 1. The SMILES string of the molecule is CN1CCN(C2CCC(C(=O)NCc3nccnc3Cl)CC2)CC1. The van der Waals surface area contributed by atoms with Crippen molar-refractivity contribution in [3.63, 3.8) is 0 Å². The fraction of sp³-hybridized carbons (Fsp3) is 0.706. The van der Waals surface area contributed by atoms with Crippen LogP contribution in [0, 0.1) is 5.92 Å². The average Bonchev–Trinajstić information content (AvgIpc) is 2.62.